The van der Waals surface area contributed by atoms with E-state index in [1.165, 1.54) is 47.5 Å². The van der Waals surface area contributed by atoms with Crippen LogP contribution in [0.4, 0.5) is 0 Å². The van der Waals surface area contributed by atoms with Crippen molar-refractivity contribution in [1.29, 1.82) is 0 Å². The summed E-state index contributed by atoms with van der Waals surface area (Å²) in [6.45, 7) is 3.77. The summed E-state index contributed by atoms with van der Waals surface area (Å²) >= 11 is 1.54. The second kappa shape index (κ2) is 8.46. The number of hydrogen-bond donors (Lipinski definition) is 3. The number of nitrogens with two attached hydrogens (primary N) is 1. The van der Waals surface area contributed by atoms with Crippen molar-refractivity contribution in [3.63, 3.8) is 0 Å². The van der Waals surface area contributed by atoms with Crippen LogP contribution in [0, 0.1) is 5.92 Å². The van der Waals surface area contributed by atoms with Gasteiger partial charge in [-0.25, -0.2) is 0 Å². The minimum Gasteiger partial charge on any atom is -0.430 e. The van der Waals surface area contributed by atoms with Crippen LogP contribution in [0.5, 0.6) is 0 Å². The predicted molar refractivity (Wildman–Crippen MR) is 88.3 cm³/mol. The van der Waals surface area contributed by atoms with Crippen molar-refractivity contribution in [1.82, 2.24) is 9.27 Å². The van der Waals surface area contributed by atoms with E-state index < -0.39 is 7.69 Å². The van der Waals surface area contributed by atoms with Crippen molar-refractivity contribution in [2.75, 3.05) is 19.6 Å². The Hall–Kier alpha value is -0.985. The van der Waals surface area contributed by atoms with Crippen molar-refractivity contribution in [2.45, 2.75) is 18.9 Å². The molecule has 0 amide bonds. The molecule has 3 aliphatic heterocycles. The Morgan fingerprint density at radius 1 is 1.24 bits per heavy atom. The molecule has 2 aromatic rings. The van der Waals surface area contributed by atoms with Gasteiger partial charge in [0.15, 0.2) is 0 Å². The van der Waals surface area contributed by atoms with Crippen LogP contribution in [0.2, 0.25) is 0 Å². The molecule has 114 valence electrons. The molecule has 5 rings (SSSR count). The molecule has 0 radical (unpaired) electrons. The normalized spacial score (nSPS) is 26.3. The van der Waals surface area contributed by atoms with Gasteiger partial charge in [0.2, 0.25) is 0 Å². The second-order valence-corrected chi connectivity index (χ2v) is 6.14. The third-order valence-electron chi connectivity index (χ3n) is 3.97. The second-order valence-electron chi connectivity index (χ2n) is 5.31. The topological polar surface area (TPSA) is 82.6 Å². The molecule has 7 heteroatoms. The van der Waals surface area contributed by atoms with E-state index in [1.54, 1.807) is 0 Å². The molecule has 21 heavy (non-hydrogen) atoms. The number of piperidine rings is 3. The van der Waals surface area contributed by atoms with Gasteiger partial charge in [-0.05, 0) is 49.4 Å². The SMILES string of the molecule is NC1CN2CCC1CC2.OBO.c1ccc2sncc2c1. The summed E-state index contributed by atoms with van der Waals surface area (Å²) < 4.78 is 5.30. The largest absolute Gasteiger partial charge is 0.432 e. The number of hydrogen-bond acceptors (Lipinski definition) is 6. The highest BCUT2D eigenvalue weighted by Gasteiger charge is 2.31. The van der Waals surface area contributed by atoms with Gasteiger partial charge in [-0.2, -0.15) is 4.37 Å². The van der Waals surface area contributed by atoms with Crippen molar-refractivity contribution >= 4 is 29.3 Å². The highest BCUT2D eigenvalue weighted by atomic mass is 32.1. The first-order valence-electron chi connectivity index (χ1n) is 7.23. The van der Waals surface area contributed by atoms with Crippen LogP contribution in [0.3, 0.4) is 0 Å². The molecule has 4 N–H and O–H groups in total. The molecule has 3 aliphatic rings. The summed E-state index contributed by atoms with van der Waals surface area (Å²) in [6, 6.07) is 8.69. The monoisotopic (exact) mass is 307 g/mol. The van der Waals surface area contributed by atoms with E-state index in [0.717, 1.165) is 12.5 Å². The van der Waals surface area contributed by atoms with Gasteiger partial charge < -0.3 is 20.7 Å². The first-order chi connectivity index (χ1) is 10.2. The van der Waals surface area contributed by atoms with E-state index in [-0.39, 0.29) is 0 Å². The maximum atomic E-state index is 7.12. The van der Waals surface area contributed by atoms with E-state index >= 15 is 0 Å². The number of fused-ring (bicyclic) bond motifs is 4. The summed E-state index contributed by atoms with van der Waals surface area (Å²) in [7, 11) is -0.750. The van der Waals surface area contributed by atoms with E-state index in [9.17, 15) is 0 Å². The molecular weight excluding hydrogens is 285 g/mol. The van der Waals surface area contributed by atoms with Gasteiger partial charge in [0.05, 0.1) is 4.70 Å². The fraction of sp³-hybridized carbons (Fsp3) is 0.500. The molecule has 0 aliphatic carbocycles. The zero-order valence-electron chi connectivity index (χ0n) is 12.1. The summed E-state index contributed by atoms with van der Waals surface area (Å²) in [6.07, 6.45) is 4.59. The highest BCUT2D eigenvalue weighted by molar-refractivity contribution is 7.13. The molecule has 4 heterocycles. The maximum absolute atomic E-state index is 7.12. The number of aromatic nitrogens is 1. The van der Waals surface area contributed by atoms with Crippen LogP contribution in [0.25, 0.3) is 10.1 Å². The molecule has 0 spiro atoms. The Bertz CT molecular complexity index is 501. The quantitative estimate of drug-likeness (QED) is 0.620. The first-order valence-corrected chi connectivity index (χ1v) is 8.01. The lowest BCUT2D eigenvalue weighted by Crippen LogP contribution is -2.54. The third kappa shape index (κ3) is 4.76. The summed E-state index contributed by atoms with van der Waals surface area (Å²) in [5.74, 6) is 0.856. The summed E-state index contributed by atoms with van der Waals surface area (Å²) in [5.41, 5.74) is 5.88. The predicted octanol–water partition coefficient (Wildman–Crippen LogP) is 0.573. The summed E-state index contributed by atoms with van der Waals surface area (Å²) in [4.78, 5) is 2.48. The minimum atomic E-state index is -0.750. The lowest BCUT2D eigenvalue weighted by atomic mass is 9.85. The lowest BCUT2D eigenvalue weighted by molar-refractivity contribution is 0.0896. The van der Waals surface area contributed by atoms with Crippen molar-refractivity contribution in [3.05, 3.63) is 30.5 Å². The van der Waals surface area contributed by atoms with Crippen molar-refractivity contribution in [2.24, 2.45) is 11.7 Å². The Morgan fingerprint density at radius 3 is 2.38 bits per heavy atom. The van der Waals surface area contributed by atoms with Gasteiger partial charge in [-0.3, -0.25) is 0 Å². The van der Waals surface area contributed by atoms with E-state index in [4.69, 9.17) is 15.8 Å². The van der Waals surface area contributed by atoms with E-state index in [1.807, 2.05) is 18.3 Å². The summed E-state index contributed by atoms with van der Waals surface area (Å²) in [5, 5.41) is 15.5. The van der Waals surface area contributed by atoms with Crippen LogP contribution < -0.4 is 5.73 Å². The van der Waals surface area contributed by atoms with E-state index in [0.29, 0.717) is 6.04 Å². The fourth-order valence-electron chi connectivity index (χ4n) is 2.82. The smallest absolute Gasteiger partial charge is 0.430 e. The number of benzene rings is 1. The molecule has 1 aromatic heterocycles. The number of nitrogens with zero attached hydrogens (tertiary/aromatic N) is 2. The maximum Gasteiger partial charge on any atom is 0.432 e. The fourth-order valence-corrected chi connectivity index (χ4v) is 3.47. The van der Waals surface area contributed by atoms with Gasteiger partial charge in [0.25, 0.3) is 0 Å². The molecule has 0 saturated carbocycles. The Morgan fingerprint density at radius 2 is 1.90 bits per heavy atom. The Balaban J connectivity index is 0.000000130. The highest BCUT2D eigenvalue weighted by Crippen LogP contribution is 2.25. The first kappa shape index (κ1) is 16.4. The third-order valence-corrected chi connectivity index (χ3v) is 4.75. The number of rotatable bonds is 0. The standard InChI is InChI=1S/C7H14N2.C7H5NS.BH3O2/c8-7-5-9-3-1-6(7)2-4-9;1-2-4-7-6(3-1)5-8-9-7;2-1-3/h6-7H,1-5,8H2;1-5H;1-3H. The molecule has 1 unspecified atom stereocenters. The molecular formula is C14H22BN3O2S. The zero-order valence-corrected chi connectivity index (χ0v) is 12.9. The van der Waals surface area contributed by atoms with Gasteiger partial charge in [-0.15, -0.1) is 0 Å². The minimum absolute atomic E-state index is 0.493. The van der Waals surface area contributed by atoms with Gasteiger partial charge in [0, 0.05) is 24.2 Å². The van der Waals surface area contributed by atoms with Crippen molar-refractivity contribution < 1.29 is 10.0 Å². The zero-order chi connectivity index (χ0) is 15.1. The average molecular weight is 307 g/mol. The molecule has 3 fully saturated rings. The van der Waals surface area contributed by atoms with Gasteiger partial charge >= 0.3 is 7.69 Å². The van der Waals surface area contributed by atoms with E-state index in [2.05, 4.69) is 21.4 Å². The molecule has 2 bridgehead atoms. The average Bonchev–Trinajstić information content (AvgIpc) is 2.98. The van der Waals surface area contributed by atoms with Crippen molar-refractivity contribution in [3.8, 4) is 0 Å². The van der Waals surface area contributed by atoms with Gasteiger partial charge in [-0.1, -0.05) is 18.2 Å². The molecule has 1 atom stereocenters. The van der Waals surface area contributed by atoms with Crippen LogP contribution in [-0.4, -0.2) is 52.7 Å². The molecule has 5 nitrogen and oxygen atoms in total. The Kier molecular flexibility index (Phi) is 6.60. The lowest BCUT2D eigenvalue weighted by Gasteiger charge is -2.43. The molecule has 1 aromatic carbocycles. The Labute approximate surface area is 129 Å². The van der Waals surface area contributed by atoms with Crippen LogP contribution >= 0.6 is 11.5 Å². The van der Waals surface area contributed by atoms with Gasteiger partial charge in [0.1, 0.15) is 0 Å². The van der Waals surface area contributed by atoms with Crippen LogP contribution in [0.1, 0.15) is 12.8 Å². The van der Waals surface area contributed by atoms with Crippen LogP contribution in [0.15, 0.2) is 30.5 Å². The molecule has 3 saturated heterocycles. The van der Waals surface area contributed by atoms with Crippen LogP contribution in [-0.2, 0) is 0 Å².